The fraction of sp³-hybridized carbons (Fsp3) is 0.421. The summed E-state index contributed by atoms with van der Waals surface area (Å²) in [6.45, 7) is 5.06. The summed E-state index contributed by atoms with van der Waals surface area (Å²) in [6.07, 6.45) is 0. The number of aromatic nitrogens is 1. The Morgan fingerprint density at radius 1 is 1.22 bits per heavy atom. The average molecular weight is 465 g/mol. The zero-order chi connectivity index (χ0) is 23.6. The molecule has 32 heavy (non-hydrogen) atoms. The predicted octanol–water partition coefficient (Wildman–Crippen LogP) is 0.851. The van der Waals surface area contributed by atoms with Crippen LogP contribution in [-0.4, -0.2) is 71.7 Å². The lowest BCUT2D eigenvalue weighted by molar-refractivity contribution is -0.384. The topological polar surface area (TPSA) is 156 Å². The van der Waals surface area contributed by atoms with Crippen LogP contribution in [-0.2, 0) is 14.8 Å². The molecule has 0 spiro atoms. The quantitative estimate of drug-likeness (QED) is 0.486. The van der Waals surface area contributed by atoms with Crippen molar-refractivity contribution in [1.29, 1.82) is 0 Å². The zero-order valence-electron chi connectivity index (χ0n) is 17.8. The fourth-order valence-electron chi connectivity index (χ4n) is 3.50. The van der Waals surface area contributed by atoms with E-state index >= 15 is 0 Å². The van der Waals surface area contributed by atoms with E-state index in [1.54, 1.807) is 6.92 Å². The standard InChI is InChI=1S/C19H23N5O7S/c1-12-17(14(3)31-21-12)32(29,30)23-9-7-22(8-10-23)19(26)13(2)20-18(25)15-5-4-6-16(11-15)24(27)28/h4-6,11,13H,7-10H2,1-3H3,(H,20,25)/t13-/m0/s1. The van der Waals surface area contributed by atoms with E-state index in [1.165, 1.54) is 41.3 Å². The van der Waals surface area contributed by atoms with Gasteiger partial charge in [-0.1, -0.05) is 11.2 Å². The maximum absolute atomic E-state index is 12.9. The second-order valence-electron chi connectivity index (χ2n) is 7.39. The molecule has 2 heterocycles. The molecule has 0 bridgehead atoms. The molecule has 1 aliphatic rings. The van der Waals surface area contributed by atoms with Gasteiger partial charge in [-0.25, -0.2) is 8.42 Å². The van der Waals surface area contributed by atoms with Crippen molar-refractivity contribution in [2.24, 2.45) is 0 Å². The second-order valence-corrected chi connectivity index (χ2v) is 9.26. The highest BCUT2D eigenvalue weighted by Crippen LogP contribution is 2.24. The van der Waals surface area contributed by atoms with Crippen LogP contribution in [0.4, 0.5) is 5.69 Å². The lowest BCUT2D eigenvalue weighted by Crippen LogP contribution is -2.55. The summed E-state index contributed by atoms with van der Waals surface area (Å²) in [4.78, 5) is 36.9. The van der Waals surface area contributed by atoms with Gasteiger partial charge in [0.2, 0.25) is 15.9 Å². The molecule has 0 radical (unpaired) electrons. The van der Waals surface area contributed by atoms with Crippen molar-refractivity contribution >= 4 is 27.5 Å². The Balaban J connectivity index is 1.61. The average Bonchev–Trinajstić information content (AvgIpc) is 3.11. The van der Waals surface area contributed by atoms with E-state index in [4.69, 9.17) is 4.52 Å². The molecule has 0 unspecified atom stereocenters. The highest BCUT2D eigenvalue weighted by molar-refractivity contribution is 7.89. The summed E-state index contributed by atoms with van der Waals surface area (Å²) in [5, 5.41) is 17.1. The molecule has 1 aliphatic heterocycles. The summed E-state index contributed by atoms with van der Waals surface area (Å²) < 4.78 is 32.0. The van der Waals surface area contributed by atoms with Crippen LogP contribution in [0.1, 0.15) is 28.7 Å². The highest BCUT2D eigenvalue weighted by Gasteiger charge is 2.35. The van der Waals surface area contributed by atoms with Crippen molar-refractivity contribution in [2.75, 3.05) is 26.2 Å². The number of hydrogen-bond donors (Lipinski definition) is 1. The summed E-state index contributed by atoms with van der Waals surface area (Å²) >= 11 is 0. The first kappa shape index (κ1) is 23.3. The smallest absolute Gasteiger partial charge is 0.270 e. The van der Waals surface area contributed by atoms with Crippen LogP contribution >= 0.6 is 0 Å². The molecule has 0 saturated carbocycles. The maximum Gasteiger partial charge on any atom is 0.270 e. The lowest BCUT2D eigenvalue weighted by atomic mass is 10.1. The van der Waals surface area contributed by atoms with Gasteiger partial charge in [0, 0.05) is 43.9 Å². The lowest BCUT2D eigenvalue weighted by Gasteiger charge is -2.35. The van der Waals surface area contributed by atoms with Gasteiger partial charge in [-0.3, -0.25) is 19.7 Å². The molecular weight excluding hydrogens is 442 g/mol. The number of piperazine rings is 1. The van der Waals surface area contributed by atoms with Crippen molar-refractivity contribution < 1.29 is 27.5 Å². The molecular formula is C19H23N5O7S. The molecule has 1 fully saturated rings. The number of carbonyl (C=O) groups is 2. The van der Waals surface area contributed by atoms with Gasteiger partial charge >= 0.3 is 0 Å². The number of benzene rings is 1. The van der Waals surface area contributed by atoms with E-state index in [0.717, 1.165) is 6.07 Å². The van der Waals surface area contributed by atoms with Crippen LogP contribution in [0.3, 0.4) is 0 Å². The minimum atomic E-state index is -3.80. The van der Waals surface area contributed by atoms with Crippen LogP contribution in [0.25, 0.3) is 0 Å². The Bertz CT molecular complexity index is 1130. The molecule has 1 saturated heterocycles. The Labute approximate surface area is 184 Å². The number of nitrogens with one attached hydrogen (secondary N) is 1. The number of aryl methyl sites for hydroxylation is 2. The van der Waals surface area contributed by atoms with E-state index < -0.39 is 26.9 Å². The van der Waals surface area contributed by atoms with Crippen molar-refractivity contribution in [3.8, 4) is 0 Å². The van der Waals surface area contributed by atoms with Gasteiger partial charge in [-0.05, 0) is 26.8 Å². The van der Waals surface area contributed by atoms with Crippen molar-refractivity contribution in [3.63, 3.8) is 0 Å². The molecule has 2 aromatic rings. The third-order valence-electron chi connectivity index (χ3n) is 5.15. The predicted molar refractivity (Wildman–Crippen MR) is 111 cm³/mol. The van der Waals surface area contributed by atoms with Crippen molar-refractivity contribution in [3.05, 3.63) is 51.4 Å². The molecule has 1 N–H and O–H groups in total. The number of nitro benzene ring substituents is 1. The number of carbonyl (C=O) groups excluding carboxylic acids is 2. The van der Waals surface area contributed by atoms with Crippen LogP contribution in [0.15, 0.2) is 33.7 Å². The van der Waals surface area contributed by atoms with Crippen LogP contribution in [0, 0.1) is 24.0 Å². The molecule has 0 aliphatic carbocycles. The van der Waals surface area contributed by atoms with Gasteiger partial charge in [0.25, 0.3) is 11.6 Å². The van der Waals surface area contributed by atoms with Crippen LogP contribution in [0.2, 0.25) is 0 Å². The third kappa shape index (κ3) is 4.62. The normalized spacial score (nSPS) is 15.9. The van der Waals surface area contributed by atoms with Gasteiger partial charge in [0.1, 0.15) is 16.6 Å². The van der Waals surface area contributed by atoms with Gasteiger partial charge in [0.15, 0.2) is 5.76 Å². The van der Waals surface area contributed by atoms with E-state index in [0.29, 0.717) is 0 Å². The number of amides is 2. The molecule has 172 valence electrons. The Morgan fingerprint density at radius 3 is 2.44 bits per heavy atom. The third-order valence-corrected chi connectivity index (χ3v) is 7.30. The Morgan fingerprint density at radius 2 is 1.88 bits per heavy atom. The number of hydrogen-bond acceptors (Lipinski definition) is 8. The molecule has 3 rings (SSSR count). The van der Waals surface area contributed by atoms with Crippen LogP contribution < -0.4 is 5.32 Å². The number of nitro groups is 1. The monoisotopic (exact) mass is 465 g/mol. The fourth-order valence-corrected chi connectivity index (χ4v) is 5.21. The molecule has 12 nitrogen and oxygen atoms in total. The van der Waals surface area contributed by atoms with E-state index in [2.05, 4.69) is 10.5 Å². The van der Waals surface area contributed by atoms with Gasteiger partial charge in [-0.15, -0.1) is 0 Å². The molecule has 1 atom stereocenters. The van der Waals surface area contributed by atoms with Gasteiger partial charge in [-0.2, -0.15) is 4.31 Å². The van der Waals surface area contributed by atoms with Gasteiger partial charge in [0.05, 0.1) is 4.92 Å². The van der Waals surface area contributed by atoms with E-state index in [9.17, 15) is 28.1 Å². The molecule has 1 aromatic heterocycles. The first-order valence-corrected chi connectivity index (χ1v) is 11.2. The number of nitrogens with zero attached hydrogens (tertiary/aromatic N) is 4. The Kier molecular flexibility index (Phi) is 6.60. The maximum atomic E-state index is 12.9. The van der Waals surface area contributed by atoms with E-state index in [-0.39, 0.29) is 59.7 Å². The van der Waals surface area contributed by atoms with Gasteiger partial charge < -0.3 is 14.7 Å². The van der Waals surface area contributed by atoms with Crippen LogP contribution in [0.5, 0.6) is 0 Å². The summed E-state index contributed by atoms with van der Waals surface area (Å²) in [5.41, 5.74) is 0.111. The minimum absolute atomic E-state index is 0.0369. The SMILES string of the molecule is Cc1noc(C)c1S(=O)(=O)N1CCN(C(=O)[C@H](C)NC(=O)c2cccc([N+](=O)[O-])c2)CC1. The molecule has 13 heteroatoms. The zero-order valence-corrected chi connectivity index (χ0v) is 18.6. The summed E-state index contributed by atoms with van der Waals surface area (Å²) in [5.74, 6) is -0.786. The highest BCUT2D eigenvalue weighted by atomic mass is 32.2. The van der Waals surface area contributed by atoms with E-state index in [1.807, 2.05) is 0 Å². The summed E-state index contributed by atoms with van der Waals surface area (Å²) in [7, 11) is -3.80. The number of sulfonamides is 1. The van der Waals surface area contributed by atoms with Crippen molar-refractivity contribution in [1.82, 2.24) is 19.7 Å². The largest absolute Gasteiger partial charge is 0.360 e. The molecule has 1 aromatic carbocycles. The number of rotatable bonds is 6. The molecule has 2 amide bonds. The van der Waals surface area contributed by atoms with Crippen molar-refractivity contribution in [2.45, 2.75) is 31.7 Å². The minimum Gasteiger partial charge on any atom is -0.360 e. The Hall–Kier alpha value is -3.32. The first-order chi connectivity index (χ1) is 15.0. The first-order valence-electron chi connectivity index (χ1n) is 9.79. The second kappa shape index (κ2) is 9.04. The number of non-ortho nitro benzene ring substituents is 1. The summed E-state index contributed by atoms with van der Waals surface area (Å²) in [6, 6.07) is 4.30.